The van der Waals surface area contributed by atoms with E-state index in [4.69, 9.17) is 11.6 Å². The molecule has 1 aliphatic heterocycles. The van der Waals surface area contributed by atoms with Gasteiger partial charge in [0.25, 0.3) is 5.91 Å². The highest BCUT2D eigenvalue weighted by atomic mass is 35.5. The fourth-order valence-electron chi connectivity index (χ4n) is 3.13. The number of hydrogen-bond donors (Lipinski definition) is 2. The Balaban J connectivity index is 1.66. The van der Waals surface area contributed by atoms with Gasteiger partial charge in [0.05, 0.1) is 11.6 Å². The van der Waals surface area contributed by atoms with Crippen LogP contribution in [0.15, 0.2) is 42.5 Å². The van der Waals surface area contributed by atoms with E-state index in [1.807, 2.05) is 13.0 Å². The van der Waals surface area contributed by atoms with E-state index in [2.05, 4.69) is 5.32 Å². The van der Waals surface area contributed by atoms with Crippen molar-refractivity contribution in [3.63, 3.8) is 0 Å². The zero-order valence-electron chi connectivity index (χ0n) is 14.5. The number of phenolic OH excluding ortho intramolecular Hbond substituents is 1. The quantitative estimate of drug-likeness (QED) is 0.804. The van der Waals surface area contributed by atoms with Gasteiger partial charge in [0.15, 0.2) is 0 Å². The summed E-state index contributed by atoms with van der Waals surface area (Å²) in [5, 5.41) is 13.3. The van der Waals surface area contributed by atoms with Gasteiger partial charge in [0, 0.05) is 23.7 Å². The van der Waals surface area contributed by atoms with Gasteiger partial charge in [0.2, 0.25) is 5.91 Å². The van der Waals surface area contributed by atoms with Crippen molar-refractivity contribution in [3.05, 3.63) is 58.6 Å². The van der Waals surface area contributed by atoms with Gasteiger partial charge in [-0.05, 0) is 61.7 Å². The molecule has 1 aliphatic rings. The van der Waals surface area contributed by atoms with Gasteiger partial charge >= 0.3 is 0 Å². The number of rotatable bonds is 3. The maximum absolute atomic E-state index is 12.6. The molecule has 2 aromatic carbocycles. The number of amides is 2. The second-order valence-corrected chi connectivity index (χ2v) is 7.04. The van der Waals surface area contributed by atoms with Crippen molar-refractivity contribution in [2.45, 2.75) is 19.8 Å². The third kappa shape index (κ3) is 4.17. The molecule has 0 radical (unpaired) electrons. The predicted octanol–water partition coefficient (Wildman–Crippen LogP) is 3.84. The molecule has 0 aromatic heterocycles. The molecule has 3 rings (SSSR count). The highest BCUT2D eigenvalue weighted by molar-refractivity contribution is 6.30. The Bertz CT molecular complexity index is 820. The lowest BCUT2D eigenvalue weighted by atomic mass is 9.96. The zero-order chi connectivity index (χ0) is 18.7. The largest absolute Gasteiger partial charge is 0.506 e. The maximum Gasteiger partial charge on any atom is 0.253 e. The summed E-state index contributed by atoms with van der Waals surface area (Å²) in [5.74, 6) is -0.543. The van der Waals surface area contributed by atoms with Crippen LogP contribution in [-0.2, 0) is 4.79 Å². The van der Waals surface area contributed by atoms with Crippen molar-refractivity contribution in [3.8, 4) is 5.75 Å². The Morgan fingerprint density at radius 3 is 2.62 bits per heavy atom. The minimum absolute atomic E-state index is 0.0447. The number of nitrogens with one attached hydrogen (secondary N) is 1. The molecule has 1 atom stereocenters. The van der Waals surface area contributed by atoms with Crippen LogP contribution in [0.5, 0.6) is 5.75 Å². The first kappa shape index (κ1) is 18.3. The third-order valence-electron chi connectivity index (χ3n) is 4.58. The number of anilines is 1. The van der Waals surface area contributed by atoms with Crippen LogP contribution in [0.2, 0.25) is 5.02 Å². The van der Waals surface area contributed by atoms with Crippen LogP contribution in [-0.4, -0.2) is 34.9 Å². The molecule has 136 valence electrons. The standard InChI is InChI=1S/C20H21ClN2O3/c1-13-4-9-17(18(24)11-13)22-19(25)15-3-2-10-23(12-15)20(26)14-5-7-16(21)8-6-14/h4-9,11,15,24H,2-3,10,12H2,1H3,(H,22,25). The molecule has 0 spiro atoms. The molecule has 5 nitrogen and oxygen atoms in total. The second-order valence-electron chi connectivity index (χ2n) is 6.61. The fourth-order valence-corrected chi connectivity index (χ4v) is 3.26. The van der Waals surface area contributed by atoms with Crippen LogP contribution in [0.25, 0.3) is 0 Å². The summed E-state index contributed by atoms with van der Waals surface area (Å²) in [6, 6.07) is 11.9. The molecule has 6 heteroatoms. The number of hydrogen-bond acceptors (Lipinski definition) is 3. The van der Waals surface area contributed by atoms with Gasteiger partial charge in [-0.25, -0.2) is 0 Å². The van der Waals surface area contributed by atoms with Crippen molar-refractivity contribution < 1.29 is 14.7 Å². The van der Waals surface area contributed by atoms with Gasteiger partial charge in [-0.15, -0.1) is 0 Å². The van der Waals surface area contributed by atoms with Crippen molar-refractivity contribution in [1.29, 1.82) is 0 Å². The molecular weight excluding hydrogens is 352 g/mol. The molecule has 2 N–H and O–H groups in total. The Kier molecular flexibility index (Phi) is 5.47. The summed E-state index contributed by atoms with van der Waals surface area (Å²) in [6.07, 6.45) is 1.47. The van der Waals surface area contributed by atoms with E-state index in [-0.39, 0.29) is 23.5 Å². The number of piperidine rings is 1. The Labute approximate surface area is 157 Å². The Morgan fingerprint density at radius 1 is 1.19 bits per heavy atom. The Hall–Kier alpha value is -2.53. The molecule has 0 saturated carbocycles. The van der Waals surface area contributed by atoms with Crippen molar-refractivity contribution in [2.24, 2.45) is 5.92 Å². The highest BCUT2D eigenvalue weighted by Gasteiger charge is 2.29. The average Bonchev–Trinajstić information content (AvgIpc) is 2.64. The van der Waals surface area contributed by atoms with Crippen LogP contribution in [0.1, 0.15) is 28.8 Å². The minimum Gasteiger partial charge on any atom is -0.506 e. The Morgan fingerprint density at radius 2 is 1.92 bits per heavy atom. The van der Waals surface area contributed by atoms with Crippen LogP contribution >= 0.6 is 11.6 Å². The van der Waals surface area contributed by atoms with Crippen LogP contribution in [0, 0.1) is 12.8 Å². The number of benzene rings is 2. The second kappa shape index (κ2) is 7.79. The first-order valence-corrected chi connectivity index (χ1v) is 8.97. The average molecular weight is 373 g/mol. The number of likely N-dealkylation sites (tertiary alicyclic amines) is 1. The van der Waals surface area contributed by atoms with Gasteiger partial charge in [-0.2, -0.15) is 0 Å². The number of aryl methyl sites for hydroxylation is 1. The fraction of sp³-hybridized carbons (Fsp3) is 0.300. The summed E-state index contributed by atoms with van der Waals surface area (Å²) in [6.45, 7) is 2.85. The van der Waals surface area contributed by atoms with Gasteiger partial charge in [-0.3, -0.25) is 9.59 Å². The maximum atomic E-state index is 12.6. The molecule has 0 aliphatic carbocycles. The van der Waals surface area contributed by atoms with E-state index in [1.165, 1.54) is 0 Å². The summed E-state index contributed by atoms with van der Waals surface area (Å²) >= 11 is 5.87. The number of halogens is 1. The lowest BCUT2D eigenvalue weighted by Crippen LogP contribution is -2.43. The molecule has 1 heterocycles. The van der Waals surface area contributed by atoms with E-state index in [9.17, 15) is 14.7 Å². The van der Waals surface area contributed by atoms with Gasteiger partial charge < -0.3 is 15.3 Å². The zero-order valence-corrected chi connectivity index (χ0v) is 15.3. The minimum atomic E-state index is -0.305. The number of carbonyl (C=O) groups is 2. The van der Waals surface area contributed by atoms with Gasteiger partial charge in [0.1, 0.15) is 5.75 Å². The molecule has 0 bridgehead atoms. The highest BCUT2D eigenvalue weighted by Crippen LogP contribution is 2.26. The summed E-state index contributed by atoms with van der Waals surface area (Å²) in [5.41, 5.74) is 1.87. The molecule has 2 aromatic rings. The first-order valence-electron chi connectivity index (χ1n) is 8.59. The summed E-state index contributed by atoms with van der Waals surface area (Å²) in [4.78, 5) is 26.9. The van der Waals surface area contributed by atoms with Crippen molar-refractivity contribution in [2.75, 3.05) is 18.4 Å². The number of nitrogens with zero attached hydrogens (tertiary/aromatic N) is 1. The van der Waals surface area contributed by atoms with E-state index >= 15 is 0 Å². The lowest BCUT2D eigenvalue weighted by Gasteiger charge is -2.32. The predicted molar refractivity (Wildman–Crippen MR) is 102 cm³/mol. The van der Waals surface area contributed by atoms with Crippen LogP contribution in [0.4, 0.5) is 5.69 Å². The molecular formula is C20H21ClN2O3. The number of carbonyl (C=O) groups excluding carboxylic acids is 2. The van der Waals surface area contributed by atoms with E-state index < -0.39 is 0 Å². The van der Waals surface area contributed by atoms with Gasteiger partial charge in [-0.1, -0.05) is 17.7 Å². The number of aromatic hydroxyl groups is 1. The number of phenols is 1. The third-order valence-corrected chi connectivity index (χ3v) is 4.83. The monoisotopic (exact) mass is 372 g/mol. The topological polar surface area (TPSA) is 69.6 Å². The molecule has 26 heavy (non-hydrogen) atoms. The molecule has 1 saturated heterocycles. The summed E-state index contributed by atoms with van der Waals surface area (Å²) in [7, 11) is 0. The van der Waals surface area contributed by atoms with Crippen molar-refractivity contribution in [1.82, 2.24) is 4.90 Å². The smallest absolute Gasteiger partial charge is 0.253 e. The van der Waals surface area contributed by atoms with E-state index in [0.717, 1.165) is 12.0 Å². The van der Waals surface area contributed by atoms with E-state index in [1.54, 1.807) is 41.3 Å². The molecule has 1 unspecified atom stereocenters. The van der Waals surface area contributed by atoms with E-state index in [0.29, 0.717) is 35.8 Å². The first-order chi connectivity index (χ1) is 12.4. The van der Waals surface area contributed by atoms with Crippen LogP contribution in [0.3, 0.4) is 0 Å². The molecule has 1 fully saturated rings. The summed E-state index contributed by atoms with van der Waals surface area (Å²) < 4.78 is 0. The molecule has 2 amide bonds. The normalized spacial score (nSPS) is 17.0. The lowest BCUT2D eigenvalue weighted by molar-refractivity contribution is -0.121. The van der Waals surface area contributed by atoms with Crippen molar-refractivity contribution >= 4 is 29.1 Å². The SMILES string of the molecule is Cc1ccc(NC(=O)C2CCCN(C(=O)c3ccc(Cl)cc3)C2)c(O)c1. The van der Waals surface area contributed by atoms with Crippen LogP contribution < -0.4 is 5.32 Å².